The lowest BCUT2D eigenvalue weighted by atomic mass is 9.49. The molecule has 0 radical (unpaired) electrons. The predicted octanol–water partition coefficient (Wildman–Crippen LogP) is 3.88. The summed E-state index contributed by atoms with van der Waals surface area (Å²) in [6.45, 7) is 9.64. The lowest BCUT2D eigenvalue weighted by molar-refractivity contribution is -0.350. The second-order valence-electron chi connectivity index (χ2n) is 15.3. The van der Waals surface area contributed by atoms with Crippen molar-refractivity contribution in [2.75, 3.05) is 6.61 Å². The summed E-state index contributed by atoms with van der Waals surface area (Å²) >= 11 is 0. The lowest BCUT2D eigenvalue weighted by Crippen LogP contribution is -2.79. The third kappa shape index (κ3) is 6.12. The number of hydrogen-bond donors (Lipinski definition) is 2. The van der Waals surface area contributed by atoms with E-state index < -0.39 is 94.4 Å². The SMILES string of the molecule is CC(=O)O[C@H]1C[C@]2(C(C)(C)O)C(=C1C)[C@@H](O)[C@H](OC(C)=O)[C@]1(C)[C@@H](OC(=O)c3ccccc3)C[C@H]3OC[C@@]3(OC(C)=O)[C@H]1[C@@H]2OC(=O)c1ccccc1. The van der Waals surface area contributed by atoms with Crippen LogP contribution in [0.4, 0.5) is 0 Å². The summed E-state index contributed by atoms with van der Waals surface area (Å²) in [4.78, 5) is 66.8. The number of aliphatic hydroxyl groups is 2. The number of esters is 5. The van der Waals surface area contributed by atoms with Gasteiger partial charge in [0.1, 0.15) is 36.6 Å². The van der Waals surface area contributed by atoms with Crippen molar-refractivity contribution in [2.24, 2.45) is 16.7 Å². The van der Waals surface area contributed by atoms with Crippen LogP contribution in [-0.2, 0) is 42.8 Å². The van der Waals surface area contributed by atoms with Gasteiger partial charge >= 0.3 is 29.8 Å². The minimum Gasteiger partial charge on any atom is -0.459 e. The van der Waals surface area contributed by atoms with Gasteiger partial charge in [-0.15, -0.1) is 0 Å². The number of fused-ring (bicyclic) bond motifs is 4. The molecule has 0 bridgehead atoms. The zero-order chi connectivity index (χ0) is 38.7. The number of ether oxygens (including phenoxy) is 6. The third-order valence-corrected chi connectivity index (χ3v) is 11.8. The van der Waals surface area contributed by atoms with Gasteiger partial charge in [-0.2, -0.15) is 0 Å². The Balaban J connectivity index is 1.69. The van der Waals surface area contributed by atoms with E-state index in [0.717, 1.165) is 6.92 Å². The molecular weight excluding hydrogens is 688 g/mol. The van der Waals surface area contributed by atoms with E-state index in [1.54, 1.807) is 74.5 Å². The molecule has 2 aromatic carbocycles. The number of carbonyl (C=O) groups excluding carboxylic acids is 5. The van der Waals surface area contributed by atoms with Crippen molar-refractivity contribution in [3.8, 4) is 0 Å². The molecule has 1 aliphatic heterocycles. The molecule has 4 aliphatic rings. The summed E-state index contributed by atoms with van der Waals surface area (Å²) in [7, 11) is 0. The fraction of sp³-hybridized carbons (Fsp3) is 0.525. The van der Waals surface area contributed by atoms with E-state index in [9.17, 15) is 34.2 Å². The molecule has 1 heterocycles. The largest absolute Gasteiger partial charge is 0.459 e. The molecule has 0 aromatic heterocycles. The van der Waals surface area contributed by atoms with Crippen LogP contribution in [0.1, 0.15) is 82.0 Å². The van der Waals surface area contributed by atoms with Gasteiger partial charge in [-0.25, -0.2) is 9.59 Å². The average molecular weight is 735 g/mol. The van der Waals surface area contributed by atoms with Crippen LogP contribution in [0.25, 0.3) is 0 Å². The van der Waals surface area contributed by atoms with Gasteiger partial charge < -0.3 is 38.6 Å². The average Bonchev–Trinajstić information content (AvgIpc) is 3.35. The molecule has 0 spiro atoms. The number of aliphatic hydroxyl groups excluding tert-OH is 1. The standard InChI is InChI=1S/C40H46O13/c1-21-27(49-22(2)41)19-39(37(5,6)47)30(21)31(44)33(50-23(3)42)38(7)28(51-35(45)25-14-10-8-11-15-25)18-29-40(20-48-29,53-24(4)43)32(38)34(39)52-36(46)26-16-12-9-13-17-26/h8-17,27-29,31-34,44,47H,18-20H2,1-7H3/t27-,28-,29+,31+,32-,33-,34-,38+,39-,40-/m0/s1. The van der Waals surface area contributed by atoms with Crippen LogP contribution in [0, 0.1) is 16.7 Å². The molecule has 284 valence electrons. The van der Waals surface area contributed by atoms with Gasteiger partial charge in [-0.3, -0.25) is 14.4 Å². The maximum atomic E-state index is 14.3. The van der Waals surface area contributed by atoms with Gasteiger partial charge in [0.25, 0.3) is 0 Å². The van der Waals surface area contributed by atoms with Crippen LogP contribution >= 0.6 is 0 Å². The van der Waals surface area contributed by atoms with Crippen LogP contribution in [0.3, 0.4) is 0 Å². The van der Waals surface area contributed by atoms with Crippen molar-refractivity contribution in [2.45, 2.75) is 109 Å². The Bertz CT molecular complexity index is 1820. The Morgan fingerprint density at radius 3 is 1.81 bits per heavy atom. The van der Waals surface area contributed by atoms with Gasteiger partial charge in [0.2, 0.25) is 0 Å². The summed E-state index contributed by atoms with van der Waals surface area (Å²) in [6.07, 6.45) is -8.24. The monoisotopic (exact) mass is 734 g/mol. The zero-order valence-corrected chi connectivity index (χ0v) is 30.8. The topological polar surface area (TPSA) is 181 Å². The van der Waals surface area contributed by atoms with E-state index in [1.807, 2.05) is 0 Å². The third-order valence-electron chi connectivity index (χ3n) is 11.8. The Hall–Kier alpha value is -4.59. The molecule has 0 amide bonds. The minimum atomic E-state index is -1.88. The van der Waals surface area contributed by atoms with Crippen molar-refractivity contribution in [3.63, 3.8) is 0 Å². The van der Waals surface area contributed by atoms with Crippen molar-refractivity contribution in [1.82, 2.24) is 0 Å². The fourth-order valence-corrected chi connectivity index (χ4v) is 9.59. The number of rotatable bonds is 8. The molecule has 1 saturated heterocycles. The molecule has 2 N–H and O–H groups in total. The van der Waals surface area contributed by atoms with E-state index in [-0.39, 0.29) is 36.1 Å². The van der Waals surface area contributed by atoms with E-state index in [2.05, 4.69) is 0 Å². The first-order valence-electron chi connectivity index (χ1n) is 17.7. The quantitative estimate of drug-likeness (QED) is 0.227. The highest BCUT2D eigenvalue weighted by molar-refractivity contribution is 5.90. The van der Waals surface area contributed by atoms with Crippen molar-refractivity contribution >= 4 is 29.8 Å². The maximum Gasteiger partial charge on any atom is 0.338 e. The second-order valence-corrected chi connectivity index (χ2v) is 15.3. The summed E-state index contributed by atoms with van der Waals surface area (Å²) in [6, 6.07) is 16.3. The highest BCUT2D eigenvalue weighted by Gasteiger charge is 2.80. The molecule has 2 aromatic rings. The smallest absolute Gasteiger partial charge is 0.338 e. The van der Waals surface area contributed by atoms with Crippen molar-refractivity contribution < 1.29 is 62.6 Å². The van der Waals surface area contributed by atoms with Crippen LogP contribution in [0.2, 0.25) is 0 Å². The molecule has 3 fully saturated rings. The first-order valence-corrected chi connectivity index (χ1v) is 17.7. The van der Waals surface area contributed by atoms with Gasteiger partial charge in [0, 0.05) is 33.6 Å². The number of carbonyl (C=O) groups is 5. The highest BCUT2D eigenvalue weighted by atomic mass is 16.6. The summed E-state index contributed by atoms with van der Waals surface area (Å²) in [5.41, 5.74) is -6.15. The summed E-state index contributed by atoms with van der Waals surface area (Å²) < 4.78 is 37.1. The first-order chi connectivity index (χ1) is 24.9. The molecule has 53 heavy (non-hydrogen) atoms. The summed E-state index contributed by atoms with van der Waals surface area (Å²) in [5.74, 6) is -4.96. The highest BCUT2D eigenvalue weighted by Crippen LogP contribution is 2.68. The number of hydrogen-bond acceptors (Lipinski definition) is 13. The van der Waals surface area contributed by atoms with Gasteiger partial charge in [0.15, 0.2) is 5.60 Å². The lowest BCUT2D eigenvalue weighted by Gasteiger charge is -2.65. The molecule has 3 aliphatic carbocycles. The Labute approximate surface area is 307 Å². The van der Waals surface area contributed by atoms with Crippen LogP contribution < -0.4 is 0 Å². The number of benzene rings is 2. The summed E-state index contributed by atoms with van der Waals surface area (Å²) in [5, 5.41) is 25.3. The first kappa shape index (κ1) is 38.1. The minimum absolute atomic E-state index is 0.0632. The van der Waals surface area contributed by atoms with E-state index in [4.69, 9.17) is 28.4 Å². The van der Waals surface area contributed by atoms with Crippen LogP contribution in [0.5, 0.6) is 0 Å². The van der Waals surface area contributed by atoms with Gasteiger partial charge in [0.05, 0.1) is 40.1 Å². The maximum absolute atomic E-state index is 14.3. The Morgan fingerprint density at radius 1 is 0.792 bits per heavy atom. The van der Waals surface area contributed by atoms with Gasteiger partial charge in [-0.05, 0) is 56.2 Å². The van der Waals surface area contributed by atoms with E-state index in [1.165, 1.54) is 27.7 Å². The van der Waals surface area contributed by atoms with Gasteiger partial charge in [-0.1, -0.05) is 43.3 Å². The predicted molar refractivity (Wildman–Crippen MR) is 185 cm³/mol. The molecule has 0 unspecified atom stereocenters. The van der Waals surface area contributed by atoms with Crippen molar-refractivity contribution in [1.29, 1.82) is 0 Å². The van der Waals surface area contributed by atoms with E-state index >= 15 is 0 Å². The molecule has 10 atom stereocenters. The van der Waals surface area contributed by atoms with Crippen LogP contribution in [-0.4, -0.2) is 94.5 Å². The molecule has 13 heteroatoms. The van der Waals surface area contributed by atoms with E-state index in [0.29, 0.717) is 5.57 Å². The fourth-order valence-electron chi connectivity index (χ4n) is 9.59. The van der Waals surface area contributed by atoms with Crippen LogP contribution in [0.15, 0.2) is 71.8 Å². The zero-order valence-electron chi connectivity index (χ0n) is 30.8. The normalized spacial score (nSPS) is 34.5. The molecule has 2 saturated carbocycles. The molecular formula is C40H46O13. The van der Waals surface area contributed by atoms with Crippen molar-refractivity contribution in [3.05, 3.63) is 82.9 Å². The second kappa shape index (κ2) is 13.7. The molecule has 13 nitrogen and oxygen atoms in total. The Kier molecular flexibility index (Phi) is 9.84. The molecule has 6 rings (SSSR count). The Morgan fingerprint density at radius 2 is 1.34 bits per heavy atom.